The fourth-order valence-corrected chi connectivity index (χ4v) is 1.37. The first kappa shape index (κ1) is 8.11. The minimum Gasteiger partial charge on any atom is -0.302 e. The summed E-state index contributed by atoms with van der Waals surface area (Å²) in [6.45, 7) is 0. The lowest BCUT2D eigenvalue weighted by Crippen LogP contribution is -1.95. The maximum absolute atomic E-state index is 10.1. The van der Waals surface area contributed by atoms with Crippen molar-refractivity contribution in [1.82, 2.24) is 25.3 Å². The van der Waals surface area contributed by atoms with Gasteiger partial charge in [-0.05, 0) is 22.6 Å². The van der Waals surface area contributed by atoms with Crippen LogP contribution in [-0.4, -0.2) is 37.3 Å². The van der Waals surface area contributed by atoms with Gasteiger partial charge in [-0.15, -0.1) is 14.8 Å². The molecule has 0 bridgehead atoms. The number of carbonyl (C=O) groups excluding carboxylic acids is 1. The quantitative estimate of drug-likeness (QED) is 0.499. The van der Waals surface area contributed by atoms with E-state index in [-0.39, 0.29) is 0 Å². The Morgan fingerprint density at radius 3 is 3.31 bits per heavy atom. The third-order valence-electron chi connectivity index (χ3n) is 1.34. The van der Waals surface area contributed by atoms with Crippen LogP contribution in [0.15, 0.2) is 17.2 Å². The summed E-state index contributed by atoms with van der Waals surface area (Å²) in [6.07, 6.45) is 0.829. The molecular formula is C6H5N5OS. The number of tetrazole rings is 1. The van der Waals surface area contributed by atoms with E-state index >= 15 is 0 Å². The number of fused-ring (bicyclic) bond motifs is 1. The molecule has 0 unspecified atom stereocenters. The summed E-state index contributed by atoms with van der Waals surface area (Å²) in [7, 11) is 0. The standard InChI is InChI=1S/C6H5N5OS/c12-3-4-13-6-2-1-5-7-9-10-11(5)8-6/h1-3H,4H2. The van der Waals surface area contributed by atoms with Crippen LogP contribution >= 0.6 is 11.8 Å². The first-order chi connectivity index (χ1) is 6.40. The second-order valence-electron chi connectivity index (χ2n) is 2.18. The van der Waals surface area contributed by atoms with Gasteiger partial charge in [-0.2, -0.15) is 0 Å². The third kappa shape index (κ3) is 1.64. The van der Waals surface area contributed by atoms with Gasteiger partial charge in [-0.1, -0.05) is 11.8 Å². The van der Waals surface area contributed by atoms with Gasteiger partial charge in [0.25, 0.3) is 0 Å². The van der Waals surface area contributed by atoms with Crippen LogP contribution in [0.1, 0.15) is 0 Å². The molecule has 0 aliphatic carbocycles. The Kier molecular flexibility index (Phi) is 2.17. The highest BCUT2D eigenvalue weighted by atomic mass is 32.2. The van der Waals surface area contributed by atoms with E-state index in [1.807, 2.05) is 0 Å². The molecule has 2 aromatic heterocycles. The Morgan fingerprint density at radius 1 is 1.54 bits per heavy atom. The zero-order valence-electron chi connectivity index (χ0n) is 6.49. The predicted molar refractivity (Wildman–Crippen MR) is 45.4 cm³/mol. The minimum absolute atomic E-state index is 0.390. The van der Waals surface area contributed by atoms with Gasteiger partial charge in [0.2, 0.25) is 0 Å². The van der Waals surface area contributed by atoms with E-state index in [4.69, 9.17) is 0 Å². The molecule has 2 rings (SSSR count). The highest BCUT2D eigenvalue weighted by Crippen LogP contribution is 2.12. The largest absolute Gasteiger partial charge is 0.302 e. The van der Waals surface area contributed by atoms with Gasteiger partial charge in [0.15, 0.2) is 5.65 Å². The second-order valence-corrected chi connectivity index (χ2v) is 3.22. The summed E-state index contributed by atoms with van der Waals surface area (Å²) >= 11 is 1.34. The van der Waals surface area contributed by atoms with Crippen LogP contribution < -0.4 is 0 Å². The summed E-state index contributed by atoms with van der Waals surface area (Å²) in [5, 5.41) is 15.6. The van der Waals surface area contributed by atoms with Gasteiger partial charge >= 0.3 is 0 Å². The molecule has 66 valence electrons. The van der Waals surface area contributed by atoms with Crippen LogP contribution in [0.3, 0.4) is 0 Å². The number of hydrogen-bond donors (Lipinski definition) is 0. The number of rotatable bonds is 3. The molecule has 7 heteroatoms. The average molecular weight is 195 g/mol. The predicted octanol–water partition coefficient (Wildman–Crippen LogP) is -0.190. The van der Waals surface area contributed by atoms with E-state index in [2.05, 4.69) is 20.6 Å². The highest BCUT2D eigenvalue weighted by molar-refractivity contribution is 7.99. The monoisotopic (exact) mass is 195 g/mol. The molecule has 0 saturated carbocycles. The molecule has 0 amide bonds. The summed E-state index contributed by atoms with van der Waals surface area (Å²) in [5.74, 6) is 0.390. The number of carbonyl (C=O) groups is 1. The van der Waals surface area contributed by atoms with Gasteiger partial charge in [0.05, 0.1) is 5.75 Å². The van der Waals surface area contributed by atoms with Crippen LogP contribution in [-0.2, 0) is 4.79 Å². The van der Waals surface area contributed by atoms with Crippen molar-refractivity contribution in [2.45, 2.75) is 5.03 Å². The molecule has 0 saturated heterocycles. The summed E-state index contributed by atoms with van der Waals surface area (Å²) in [5.41, 5.74) is 0.593. The minimum atomic E-state index is 0.390. The summed E-state index contributed by atoms with van der Waals surface area (Å²) < 4.78 is 1.33. The van der Waals surface area contributed by atoms with E-state index in [0.29, 0.717) is 11.4 Å². The molecule has 2 heterocycles. The fraction of sp³-hybridized carbons (Fsp3) is 0.167. The normalized spacial score (nSPS) is 10.5. The molecule has 6 nitrogen and oxygen atoms in total. The van der Waals surface area contributed by atoms with Gasteiger partial charge in [0, 0.05) is 0 Å². The second kappa shape index (κ2) is 3.48. The van der Waals surface area contributed by atoms with Gasteiger partial charge in [0.1, 0.15) is 11.3 Å². The van der Waals surface area contributed by atoms with Crippen molar-refractivity contribution in [2.75, 3.05) is 5.75 Å². The molecule has 2 aromatic rings. The van der Waals surface area contributed by atoms with Crippen molar-refractivity contribution in [3.05, 3.63) is 12.1 Å². The fourth-order valence-electron chi connectivity index (χ4n) is 0.830. The van der Waals surface area contributed by atoms with Crippen LogP contribution in [0.5, 0.6) is 0 Å². The van der Waals surface area contributed by atoms with Crippen LogP contribution in [0.2, 0.25) is 0 Å². The highest BCUT2D eigenvalue weighted by Gasteiger charge is 1.99. The average Bonchev–Trinajstić information content (AvgIpc) is 2.61. The molecule has 0 aliphatic rings. The SMILES string of the molecule is O=CCSc1ccc2nnnn2n1. The van der Waals surface area contributed by atoms with E-state index in [0.717, 1.165) is 11.3 Å². The van der Waals surface area contributed by atoms with E-state index < -0.39 is 0 Å². The molecule has 0 aromatic carbocycles. The number of aldehydes is 1. The molecule has 0 spiro atoms. The molecule has 0 radical (unpaired) electrons. The molecule has 0 aliphatic heterocycles. The van der Waals surface area contributed by atoms with Crippen molar-refractivity contribution in [2.24, 2.45) is 0 Å². The lowest BCUT2D eigenvalue weighted by atomic mass is 10.6. The number of thioether (sulfide) groups is 1. The zero-order valence-corrected chi connectivity index (χ0v) is 7.31. The van der Waals surface area contributed by atoms with Gasteiger partial charge in [-0.25, -0.2) is 0 Å². The van der Waals surface area contributed by atoms with E-state index in [9.17, 15) is 4.79 Å². The maximum Gasteiger partial charge on any atom is 0.200 e. The molecule has 0 fully saturated rings. The number of hydrogen-bond acceptors (Lipinski definition) is 6. The number of aromatic nitrogens is 5. The Morgan fingerprint density at radius 2 is 2.46 bits per heavy atom. The Labute approximate surface area is 77.3 Å². The van der Waals surface area contributed by atoms with Crippen molar-refractivity contribution in [1.29, 1.82) is 0 Å². The molecular weight excluding hydrogens is 190 g/mol. The molecule has 0 N–H and O–H groups in total. The van der Waals surface area contributed by atoms with Crippen LogP contribution in [0.25, 0.3) is 5.65 Å². The van der Waals surface area contributed by atoms with Crippen molar-refractivity contribution in [3.63, 3.8) is 0 Å². The first-order valence-corrected chi connectivity index (χ1v) is 4.50. The van der Waals surface area contributed by atoms with E-state index in [1.165, 1.54) is 16.4 Å². The maximum atomic E-state index is 10.1. The Hall–Kier alpha value is -1.50. The lowest BCUT2D eigenvalue weighted by molar-refractivity contribution is -0.105. The smallest absolute Gasteiger partial charge is 0.200 e. The summed E-state index contributed by atoms with van der Waals surface area (Å²) in [6, 6.07) is 3.53. The van der Waals surface area contributed by atoms with Crippen LogP contribution in [0.4, 0.5) is 0 Å². The van der Waals surface area contributed by atoms with Gasteiger partial charge < -0.3 is 4.79 Å². The zero-order chi connectivity index (χ0) is 9.10. The van der Waals surface area contributed by atoms with Crippen LogP contribution in [0, 0.1) is 0 Å². The lowest BCUT2D eigenvalue weighted by Gasteiger charge is -1.94. The Balaban J connectivity index is 2.31. The number of nitrogens with zero attached hydrogens (tertiary/aromatic N) is 5. The topological polar surface area (TPSA) is 73.0 Å². The third-order valence-corrected chi connectivity index (χ3v) is 2.16. The van der Waals surface area contributed by atoms with Crippen molar-refractivity contribution >= 4 is 23.7 Å². The molecule has 13 heavy (non-hydrogen) atoms. The van der Waals surface area contributed by atoms with Crippen molar-refractivity contribution in [3.8, 4) is 0 Å². The van der Waals surface area contributed by atoms with E-state index in [1.54, 1.807) is 12.1 Å². The van der Waals surface area contributed by atoms with Gasteiger partial charge in [-0.3, -0.25) is 0 Å². The first-order valence-electron chi connectivity index (χ1n) is 3.52. The Bertz CT molecular complexity index is 428. The molecule has 0 atom stereocenters. The summed E-state index contributed by atoms with van der Waals surface area (Å²) in [4.78, 5) is 10.1. The van der Waals surface area contributed by atoms with Crippen molar-refractivity contribution < 1.29 is 4.79 Å².